The first-order valence-corrected chi connectivity index (χ1v) is 8.34. The Hall–Kier alpha value is -1.88. The predicted molar refractivity (Wildman–Crippen MR) is 91.4 cm³/mol. The minimum absolute atomic E-state index is 0.0100. The van der Waals surface area contributed by atoms with Crippen LogP contribution in [0.1, 0.15) is 47.4 Å². The third-order valence-electron chi connectivity index (χ3n) is 4.67. The summed E-state index contributed by atoms with van der Waals surface area (Å²) in [4.78, 5) is 28.5. The van der Waals surface area contributed by atoms with Crippen LogP contribution in [0.2, 0.25) is 0 Å². The van der Waals surface area contributed by atoms with Gasteiger partial charge in [0.1, 0.15) is 0 Å². The van der Waals surface area contributed by atoms with Gasteiger partial charge in [0, 0.05) is 43.9 Å². The number of rotatable bonds is 4. The molecule has 1 heterocycles. The third kappa shape index (κ3) is 4.10. The van der Waals surface area contributed by atoms with Crippen LogP contribution in [-0.4, -0.2) is 54.3 Å². The van der Waals surface area contributed by atoms with Crippen LogP contribution in [0.15, 0.2) is 24.3 Å². The molecular weight excluding hydrogens is 290 g/mol. The first-order chi connectivity index (χ1) is 10.9. The van der Waals surface area contributed by atoms with Crippen molar-refractivity contribution < 1.29 is 9.59 Å². The van der Waals surface area contributed by atoms with Gasteiger partial charge in [0.05, 0.1) is 0 Å². The molecule has 2 amide bonds. The molecule has 1 fully saturated rings. The summed E-state index contributed by atoms with van der Waals surface area (Å²) in [7, 11) is 1.76. The van der Waals surface area contributed by atoms with Crippen molar-refractivity contribution in [1.29, 1.82) is 0 Å². The van der Waals surface area contributed by atoms with Gasteiger partial charge in [0.15, 0.2) is 0 Å². The summed E-state index contributed by atoms with van der Waals surface area (Å²) in [5.41, 5.74) is 7.12. The summed E-state index contributed by atoms with van der Waals surface area (Å²) in [5.74, 6) is 0.280. The molecule has 1 saturated heterocycles. The van der Waals surface area contributed by atoms with E-state index in [0.29, 0.717) is 30.1 Å². The standard InChI is InChI=1S/C18H27N3O2/c1-4-20(3)17(22)14-7-5-8-15(11-14)18(23)21-10-6-9-16(12-21)13(2)19/h5,7-8,11,13,16H,4,6,9-10,12,19H2,1-3H3. The van der Waals surface area contributed by atoms with Gasteiger partial charge in [-0.1, -0.05) is 6.07 Å². The lowest BCUT2D eigenvalue weighted by atomic mass is 9.92. The minimum atomic E-state index is -0.0609. The number of carbonyl (C=O) groups is 2. The molecule has 1 aliphatic heterocycles. The third-order valence-corrected chi connectivity index (χ3v) is 4.67. The zero-order valence-electron chi connectivity index (χ0n) is 14.3. The van der Waals surface area contributed by atoms with E-state index in [2.05, 4.69) is 0 Å². The lowest BCUT2D eigenvalue weighted by Crippen LogP contribution is -2.45. The van der Waals surface area contributed by atoms with E-state index in [1.54, 1.807) is 36.2 Å². The molecule has 0 radical (unpaired) electrons. The highest BCUT2D eigenvalue weighted by Gasteiger charge is 2.26. The quantitative estimate of drug-likeness (QED) is 0.923. The second-order valence-electron chi connectivity index (χ2n) is 6.41. The fraction of sp³-hybridized carbons (Fsp3) is 0.556. The Labute approximate surface area is 138 Å². The molecule has 126 valence electrons. The van der Waals surface area contributed by atoms with Crippen LogP contribution >= 0.6 is 0 Å². The Morgan fingerprint density at radius 1 is 1.39 bits per heavy atom. The molecule has 5 heteroatoms. The first-order valence-electron chi connectivity index (χ1n) is 8.34. The van der Waals surface area contributed by atoms with Crippen LogP contribution in [0.5, 0.6) is 0 Å². The largest absolute Gasteiger partial charge is 0.342 e. The monoisotopic (exact) mass is 317 g/mol. The molecule has 0 saturated carbocycles. The summed E-state index contributed by atoms with van der Waals surface area (Å²) >= 11 is 0. The van der Waals surface area contributed by atoms with Gasteiger partial charge in [-0.2, -0.15) is 0 Å². The molecule has 0 aromatic heterocycles. The average Bonchev–Trinajstić information content (AvgIpc) is 2.59. The maximum absolute atomic E-state index is 12.7. The van der Waals surface area contributed by atoms with E-state index in [4.69, 9.17) is 5.73 Å². The fourth-order valence-electron chi connectivity index (χ4n) is 2.96. The molecule has 1 aromatic rings. The molecule has 5 nitrogen and oxygen atoms in total. The van der Waals surface area contributed by atoms with Crippen molar-refractivity contribution in [3.05, 3.63) is 35.4 Å². The van der Waals surface area contributed by atoms with Crippen LogP contribution in [0, 0.1) is 5.92 Å². The van der Waals surface area contributed by atoms with E-state index in [1.807, 2.05) is 18.7 Å². The number of nitrogens with two attached hydrogens (primary N) is 1. The fourth-order valence-corrected chi connectivity index (χ4v) is 2.96. The van der Waals surface area contributed by atoms with Crippen molar-refractivity contribution in [3.63, 3.8) is 0 Å². The lowest BCUT2D eigenvalue weighted by Gasteiger charge is -2.34. The summed E-state index contributed by atoms with van der Waals surface area (Å²) < 4.78 is 0. The molecule has 2 rings (SSSR count). The number of carbonyl (C=O) groups excluding carboxylic acids is 2. The van der Waals surface area contributed by atoms with Crippen molar-refractivity contribution in [2.24, 2.45) is 11.7 Å². The molecule has 0 bridgehead atoms. The number of hydrogen-bond donors (Lipinski definition) is 1. The second-order valence-corrected chi connectivity index (χ2v) is 6.41. The molecule has 2 unspecified atom stereocenters. The van der Waals surface area contributed by atoms with Crippen LogP contribution < -0.4 is 5.73 Å². The SMILES string of the molecule is CCN(C)C(=O)c1cccc(C(=O)N2CCCC(C(C)N)C2)c1. The molecule has 0 aliphatic carbocycles. The minimum Gasteiger partial charge on any atom is -0.342 e. The van der Waals surface area contributed by atoms with Crippen LogP contribution in [0.25, 0.3) is 0 Å². The number of benzene rings is 1. The van der Waals surface area contributed by atoms with Gasteiger partial charge in [-0.3, -0.25) is 9.59 Å². The molecule has 1 aromatic carbocycles. The van der Waals surface area contributed by atoms with Gasteiger partial charge in [-0.15, -0.1) is 0 Å². The normalized spacial score (nSPS) is 19.3. The zero-order valence-corrected chi connectivity index (χ0v) is 14.3. The van der Waals surface area contributed by atoms with Gasteiger partial charge in [0.25, 0.3) is 11.8 Å². The van der Waals surface area contributed by atoms with Gasteiger partial charge < -0.3 is 15.5 Å². The average molecular weight is 317 g/mol. The smallest absolute Gasteiger partial charge is 0.253 e. The summed E-state index contributed by atoms with van der Waals surface area (Å²) in [6, 6.07) is 7.10. The van der Waals surface area contributed by atoms with Crippen LogP contribution in [0.3, 0.4) is 0 Å². The topological polar surface area (TPSA) is 66.6 Å². The summed E-state index contributed by atoms with van der Waals surface area (Å²) in [6.45, 7) is 6.02. The highest BCUT2D eigenvalue weighted by atomic mass is 16.2. The lowest BCUT2D eigenvalue weighted by molar-refractivity contribution is 0.0661. The first kappa shape index (κ1) is 17.5. The molecular formula is C18H27N3O2. The number of nitrogens with zero attached hydrogens (tertiary/aromatic N) is 2. The summed E-state index contributed by atoms with van der Waals surface area (Å²) in [5, 5.41) is 0. The van der Waals surface area contributed by atoms with E-state index in [-0.39, 0.29) is 17.9 Å². The maximum Gasteiger partial charge on any atom is 0.253 e. The Bertz CT molecular complexity index is 571. The highest BCUT2D eigenvalue weighted by Crippen LogP contribution is 2.21. The van der Waals surface area contributed by atoms with Gasteiger partial charge in [-0.05, 0) is 50.8 Å². The van der Waals surface area contributed by atoms with Crippen molar-refractivity contribution in [2.75, 3.05) is 26.7 Å². The number of amides is 2. The van der Waals surface area contributed by atoms with Crippen molar-refractivity contribution in [2.45, 2.75) is 32.7 Å². The van der Waals surface area contributed by atoms with Gasteiger partial charge >= 0.3 is 0 Å². The Kier molecular flexibility index (Phi) is 5.77. The molecule has 1 aliphatic rings. The molecule has 2 N–H and O–H groups in total. The Balaban J connectivity index is 2.15. The van der Waals surface area contributed by atoms with E-state index in [1.165, 1.54) is 0 Å². The van der Waals surface area contributed by atoms with E-state index < -0.39 is 0 Å². The number of hydrogen-bond acceptors (Lipinski definition) is 3. The van der Waals surface area contributed by atoms with Crippen molar-refractivity contribution in [1.82, 2.24) is 9.80 Å². The Morgan fingerprint density at radius 2 is 2.09 bits per heavy atom. The van der Waals surface area contributed by atoms with Crippen molar-refractivity contribution >= 4 is 11.8 Å². The highest BCUT2D eigenvalue weighted by molar-refractivity contribution is 5.99. The predicted octanol–water partition coefficient (Wildman–Crippen LogP) is 1.98. The van der Waals surface area contributed by atoms with Crippen molar-refractivity contribution in [3.8, 4) is 0 Å². The van der Waals surface area contributed by atoms with E-state index in [0.717, 1.165) is 19.4 Å². The number of piperidine rings is 1. The van der Waals surface area contributed by atoms with Gasteiger partial charge in [0.2, 0.25) is 0 Å². The number of likely N-dealkylation sites (tertiary alicyclic amines) is 1. The maximum atomic E-state index is 12.7. The van der Waals surface area contributed by atoms with Crippen LogP contribution in [-0.2, 0) is 0 Å². The van der Waals surface area contributed by atoms with E-state index in [9.17, 15) is 9.59 Å². The molecule has 23 heavy (non-hydrogen) atoms. The Morgan fingerprint density at radius 3 is 2.74 bits per heavy atom. The zero-order chi connectivity index (χ0) is 17.0. The van der Waals surface area contributed by atoms with Crippen LogP contribution in [0.4, 0.5) is 0 Å². The molecule has 2 atom stereocenters. The van der Waals surface area contributed by atoms with Gasteiger partial charge in [-0.25, -0.2) is 0 Å². The summed E-state index contributed by atoms with van der Waals surface area (Å²) in [6.07, 6.45) is 2.05. The van der Waals surface area contributed by atoms with E-state index >= 15 is 0 Å². The molecule has 0 spiro atoms. The second kappa shape index (κ2) is 7.59.